The monoisotopic (exact) mass is 354 g/mol. The molecule has 2 N–H and O–H groups in total. The fourth-order valence-corrected chi connectivity index (χ4v) is 3.67. The molecule has 1 fully saturated rings. The molecule has 0 radical (unpaired) electrons. The van der Waals surface area contributed by atoms with Crippen LogP contribution in [0.15, 0.2) is 23.1 Å². The maximum atomic E-state index is 13.1. The van der Waals surface area contributed by atoms with Gasteiger partial charge in [0.1, 0.15) is 11.6 Å². The van der Waals surface area contributed by atoms with E-state index in [1.165, 1.54) is 0 Å². The molecule has 0 bridgehead atoms. The van der Waals surface area contributed by atoms with Gasteiger partial charge in [0.2, 0.25) is 10.0 Å². The second-order valence-corrected chi connectivity index (χ2v) is 7.82. The van der Waals surface area contributed by atoms with Crippen LogP contribution in [0.4, 0.5) is 8.78 Å². The van der Waals surface area contributed by atoms with Gasteiger partial charge in [-0.15, -0.1) is 12.4 Å². The highest BCUT2D eigenvalue weighted by atomic mass is 35.5. The van der Waals surface area contributed by atoms with Crippen molar-refractivity contribution in [2.24, 2.45) is 5.41 Å². The number of sulfonamides is 1. The Balaban J connectivity index is 0.00000242. The van der Waals surface area contributed by atoms with E-state index in [9.17, 15) is 17.2 Å². The highest BCUT2D eigenvalue weighted by Crippen LogP contribution is 2.29. The van der Waals surface area contributed by atoms with Crippen LogP contribution in [0.5, 0.6) is 0 Å². The number of rotatable bonds is 4. The highest BCUT2D eigenvalue weighted by molar-refractivity contribution is 7.89. The first-order valence-corrected chi connectivity index (χ1v) is 8.38. The molecule has 1 heterocycles. The molecule has 1 unspecified atom stereocenters. The Bertz CT molecular complexity index is 603. The molecular weight excluding hydrogens is 334 g/mol. The largest absolute Gasteiger partial charge is 0.312 e. The van der Waals surface area contributed by atoms with E-state index in [1.54, 1.807) is 0 Å². The van der Waals surface area contributed by atoms with Crippen LogP contribution in [0.1, 0.15) is 26.7 Å². The van der Waals surface area contributed by atoms with Crippen molar-refractivity contribution in [1.29, 1.82) is 0 Å². The minimum Gasteiger partial charge on any atom is -0.312 e. The third kappa shape index (κ3) is 4.62. The van der Waals surface area contributed by atoms with Crippen molar-refractivity contribution >= 4 is 22.4 Å². The first kappa shape index (κ1) is 19.3. The third-order valence-electron chi connectivity index (χ3n) is 3.96. The van der Waals surface area contributed by atoms with Gasteiger partial charge in [-0.2, -0.15) is 0 Å². The van der Waals surface area contributed by atoms with Gasteiger partial charge in [0.05, 0.1) is 4.90 Å². The van der Waals surface area contributed by atoms with Crippen molar-refractivity contribution in [2.75, 3.05) is 13.1 Å². The second-order valence-electron chi connectivity index (χ2n) is 6.06. The zero-order valence-corrected chi connectivity index (χ0v) is 14.2. The van der Waals surface area contributed by atoms with Gasteiger partial charge in [-0.25, -0.2) is 21.9 Å². The van der Waals surface area contributed by atoms with E-state index >= 15 is 0 Å². The summed E-state index contributed by atoms with van der Waals surface area (Å²) in [5.74, 6) is -1.82. The molecular formula is C14H21ClF2N2O2S. The summed E-state index contributed by atoms with van der Waals surface area (Å²) < 4.78 is 52.9. The number of piperidine rings is 1. The van der Waals surface area contributed by atoms with Crippen LogP contribution < -0.4 is 10.0 Å². The lowest BCUT2D eigenvalue weighted by molar-refractivity contribution is 0.181. The molecule has 126 valence electrons. The molecule has 8 heteroatoms. The summed E-state index contributed by atoms with van der Waals surface area (Å²) in [5.41, 5.74) is -0.0338. The first-order valence-electron chi connectivity index (χ1n) is 6.90. The molecule has 2 rings (SSSR count). The predicted octanol–water partition coefficient (Wildman–Crippen LogP) is 2.44. The lowest BCUT2D eigenvalue weighted by Gasteiger charge is -2.39. The fourth-order valence-electron chi connectivity index (χ4n) is 2.58. The van der Waals surface area contributed by atoms with Gasteiger partial charge < -0.3 is 5.32 Å². The fraction of sp³-hybridized carbons (Fsp3) is 0.571. The number of hydrogen-bond donors (Lipinski definition) is 2. The van der Waals surface area contributed by atoms with Crippen molar-refractivity contribution in [3.63, 3.8) is 0 Å². The number of nitrogens with one attached hydrogen (secondary N) is 2. The summed E-state index contributed by atoms with van der Waals surface area (Å²) in [6, 6.07) is 2.25. The van der Waals surface area contributed by atoms with Crippen LogP contribution in [-0.2, 0) is 10.0 Å². The van der Waals surface area contributed by atoms with E-state index in [0.717, 1.165) is 31.5 Å². The minimum atomic E-state index is -3.92. The van der Waals surface area contributed by atoms with E-state index < -0.39 is 26.6 Å². The zero-order chi connectivity index (χ0) is 15.7. The SMILES string of the molecule is CC1(C)CCCNC1CNS(=O)(=O)c1cc(F)cc(F)c1.Cl. The number of benzene rings is 1. The molecule has 0 amide bonds. The summed E-state index contributed by atoms with van der Waals surface area (Å²) >= 11 is 0. The average Bonchev–Trinajstić information content (AvgIpc) is 2.36. The third-order valence-corrected chi connectivity index (χ3v) is 5.36. The average molecular weight is 355 g/mol. The van der Waals surface area contributed by atoms with Crippen LogP contribution in [0, 0.1) is 17.0 Å². The van der Waals surface area contributed by atoms with Gasteiger partial charge in [-0.3, -0.25) is 0 Å². The van der Waals surface area contributed by atoms with Gasteiger partial charge in [-0.05, 0) is 36.9 Å². The normalized spacial score (nSPS) is 21.2. The highest BCUT2D eigenvalue weighted by Gasteiger charge is 2.32. The maximum absolute atomic E-state index is 13.1. The van der Waals surface area contributed by atoms with Crippen molar-refractivity contribution in [3.8, 4) is 0 Å². The van der Waals surface area contributed by atoms with Gasteiger partial charge in [0, 0.05) is 18.7 Å². The molecule has 0 saturated carbocycles. The van der Waals surface area contributed by atoms with Crippen LogP contribution >= 0.6 is 12.4 Å². The van der Waals surface area contributed by atoms with E-state index in [4.69, 9.17) is 0 Å². The summed E-state index contributed by atoms with van der Waals surface area (Å²) in [5, 5.41) is 3.28. The lowest BCUT2D eigenvalue weighted by Crippen LogP contribution is -2.52. The quantitative estimate of drug-likeness (QED) is 0.873. The maximum Gasteiger partial charge on any atom is 0.240 e. The Morgan fingerprint density at radius 2 is 1.86 bits per heavy atom. The molecule has 1 atom stereocenters. The predicted molar refractivity (Wildman–Crippen MR) is 83.6 cm³/mol. The summed E-state index contributed by atoms with van der Waals surface area (Å²) in [6.45, 7) is 5.16. The van der Waals surface area contributed by atoms with Gasteiger partial charge in [0.15, 0.2) is 0 Å². The Morgan fingerprint density at radius 3 is 2.41 bits per heavy atom. The lowest BCUT2D eigenvalue weighted by atomic mass is 9.78. The number of halogens is 3. The summed E-state index contributed by atoms with van der Waals surface area (Å²) in [7, 11) is -3.92. The van der Waals surface area contributed by atoms with Crippen molar-refractivity contribution in [2.45, 2.75) is 37.6 Å². The molecule has 1 aliphatic heterocycles. The molecule has 0 aromatic heterocycles. The Morgan fingerprint density at radius 1 is 1.27 bits per heavy atom. The summed E-state index contributed by atoms with van der Waals surface area (Å²) in [4.78, 5) is -0.395. The van der Waals surface area contributed by atoms with Crippen LogP contribution in [0.2, 0.25) is 0 Å². The van der Waals surface area contributed by atoms with E-state index in [1.807, 2.05) is 0 Å². The molecule has 1 aliphatic rings. The molecule has 1 aromatic carbocycles. The smallest absolute Gasteiger partial charge is 0.240 e. The van der Waals surface area contributed by atoms with Crippen LogP contribution in [-0.4, -0.2) is 27.5 Å². The minimum absolute atomic E-state index is 0. The molecule has 1 saturated heterocycles. The van der Waals surface area contributed by atoms with E-state index in [-0.39, 0.29) is 30.4 Å². The molecule has 0 spiro atoms. The van der Waals surface area contributed by atoms with Crippen molar-refractivity contribution < 1.29 is 17.2 Å². The molecule has 0 aliphatic carbocycles. The van der Waals surface area contributed by atoms with E-state index in [0.29, 0.717) is 6.07 Å². The first-order chi connectivity index (χ1) is 9.71. The standard InChI is InChI=1S/C14H20F2N2O2S.ClH/c1-14(2)4-3-5-17-13(14)9-18-21(19,20)12-7-10(15)6-11(16)8-12;/h6-8,13,17-18H,3-5,9H2,1-2H3;1H. The van der Waals surface area contributed by atoms with Crippen LogP contribution in [0.3, 0.4) is 0 Å². The zero-order valence-electron chi connectivity index (χ0n) is 12.5. The molecule has 1 aromatic rings. The molecule has 4 nitrogen and oxygen atoms in total. The van der Waals surface area contributed by atoms with E-state index in [2.05, 4.69) is 23.9 Å². The van der Waals surface area contributed by atoms with Gasteiger partial charge in [0.25, 0.3) is 0 Å². The van der Waals surface area contributed by atoms with Gasteiger partial charge in [-0.1, -0.05) is 13.8 Å². The van der Waals surface area contributed by atoms with Crippen LogP contribution in [0.25, 0.3) is 0 Å². The number of hydrogen-bond acceptors (Lipinski definition) is 3. The Kier molecular flexibility index (Phi) is 6.32. The Labute approximate surface area is 136 Å². The van der Waals surface area contributed by atoms with Crippen molar-refractivity contribution in [1.82, 2.24) is 10.0 Å². The summed E-state index contributed by atoms with van der Waals surface area (Å²) in [6.07, 6.45) is 2.05. The second kappa shape index (κ2) is 7.21. The topological polar surface area (TPSA) is 58.2 Å². The Hall–Kier alpha value is -0.760. The molecule has 22 heavy (non-hydrogen) atoms. The van der Waals surface area contributed by atoms with Crippen molar-refractivity contribution in [3.05, 3.63) is 29.8 Å². The van der Waals surface area contributed by atoms with Gasteiger partial charge >= 0.3 is 0 Å².